The van der Waals surface area contributed by atoms with Crippen LogP contribution < -0.4 is 15.8 Å². The normalized spacial score (nSPS) is 11.9. The standard InChI is InChI=1S/C9H14N4O2/c1-5(4-14)6-7(11-2)12-9(10)13-8(6)15-3/h4-5H,1-3H3,(H3,10,11,12,13). The number of anilines is 2. The number of nitrogens with one attached hydrogen (secondary N) is 1. The van der Waals surface area contributed by atoms with E-state index in [4.69, 9.17) is 10.5 Å². The summed E-state index contributed by atoms with van der Waals surface area (Å²) < 4.78 is 5.06. The molecule has 0 aromatic carbocycles. The highest BCUT2D eigenvalue weighted by Crippen LogP contribution is 2.29. The molecule has 6 heteroatoms. The molecule has 0 aliphatic carbocycles. The van der Waals surface area contributed by atoms with Crippen molar-refractivity contribution in [2.45, 2.75) is 12.8 Å². The zero-order chi connectivity index (χ0) is 11.4. The van der Waals surface area contributed by atoms with Gasteiger partial charge >= 0.3 is 0 Å². The summed E-state index contributed by atoms with van der Waals surface area (Å²) in [6, 6.07) is 0. The van der Waals surface area contributed by atoms with E-state index >= 15 is 0 Å². The van der Waals surface area contributed by atoms with Crippen molar-refractivity contribution < 1.29 is 9.53 Å². The van der Waals surface area contributed by atoms with Crippen molar-refractivity contribution in [3.63, 3.8) is 0 Å². The maximum atomic E-state index is 10.8. The smallest absolute Gasteiger partial charge is 0.225 e. The number of hydrogen-bond donors (Lipinski definition) is 2. The lowest BCUT2D eigenvalue weighted by Gasteiger charge is -2.14. The molecular formula is C9H14N4O2. The van der Waals surface area contributed by atoms with Crippen molar-refractivity contribution in [2.24, 2.45) is 0 Å². The first-order chi connectivity index (χ1) is 7.13. The Hall–Kier alpha value is -1.85. The molecule has 0 amide bonds. The number of carbonyl (C=O) groups excluding carboxylic acids is 1. The molecule has 0 aliphatic rings. The molecule has 0 saturated heterocycles. The summed E-state index contributed by atoms with van der Waals surface area (Å²) in [5, 5.41) is 2.86. The third-order valence-electron chi connectivity index (χ3n) is 2.02. The van der Waals surface area contributed by atoms with Gasteiger partial charge in [-0.25, -0.2) is 0 Å². The number of rotatable bonds is 4. The van der Waals surface area contributed by atoms with E-state index in [1.54, 1.807) is 14.0 Å². The van der Waals surface area contributed by atoms with E-state index in [1.807, 2.05) is 0 Å². The summed E-state index contributed by atoms with van der Waals surface area (Å²) in [6.45, 7) is 1.74. The molecule has 1 atom stereocenters. The molecule has 0 bridgehead atoms. The molecule has 82 valence electrons. The van der Waals surface area contributed by atoms with Crippen LogP contribution in [-0.4, -0.2) is 30.4 Å². The highest BCUT2D eigenvalue weighted by Gasteiger charge is 2.18. The zero-order valence-corrected chi connectivity index (χ0v) is 8.94. The summed E-state index contributed by atoms with van der Waals surface area (Å²) in [6.07, 6.45) is 0.804. The quantitative estimate of drug-likeness (QED) is 0.699. The van der Waals surface area contributed by atoms with Gasteiger partial charge in [0.2, 0.25) is 11.8 Å². The van der Waals surface area contributed by atoms with Gasteiger partial charge < -0.3 is 20.6 Å². The van der Waals surface area contributed by atoms with Gasteiger partial charge in [0.05, 0.1) is 12.7 Å². The Balaban J connectivity index is 3.36. The van der Waals surface area contributed by atoms with Crippen molar-refractivity contribution in [3.05, 3.63) is 5.56 Å². The maximum absolute atomic E-state index is 10.8. The minimum absolute atomic E-state index is 0.109. The number of hydrogen-bond acceptors (Lipinski definition) is 6. The van der Waals surface area contributed by atoms with Crippen LogP contribution in [0.25, 0.3) is 0 Å². The minimum atomic E-state index is -0.344. The average molecular weight is 210 g/mol. The van der Waals surface area contributed by atoms with Crippen molar-refractivity contribution >= 4 is 18.1 Å². The molecule has 1 unspecified atom stereocenters. The maximum Gasteiger partial charge on any atom is 0.225 e. The highest BCUT2D eigenvalue weighted by atomic mass is 16.5. The molecule has 15 heavy (non-hydrogen) atoms. The molecule has 3 N–H and O–H groups in total. The SMILES string of the molecule is CNc1nc(N)nc(OC)c1C(C)C=O. The Morgan fingerprint density at radius 3 is 2.67 bits per heavy atom. The van der Waals surface area contributed by atoms with Crippen molar-refractivity contribution in [2.75, 3.05) is 25.2 Å². The molecular weight excluding hydrogens is 196 g/mol. The van der Waals surface area contributed by atoms with Crippen LogP contribution in [0.15, 0.2) is 0 Å². The highest BCUT2D eigenvalue weighted by molar-refractivity contribution is 5.69. The molecule has 0 saturated carbocycles. The van der Waals surface area contributed by atoms with Gasteiger partial charge in [-0.05, 0) is 0 Å². The van der Waals surface area contributed by atoms with Crippen LogP contribution in [0.2, 0.25) is 0 Å². The molecule has 1 rings (SSSR count). The van der Waals surface area contributed by atoms with E-state index in [1.165, 1.54) is 7.11 Å². The summed E-state index contributed by atoms with van der Waals surface area (Å²) in [5.74, 6) is 0.603. The van der Waals surface area contributed by atoms with E-state index in [0.29, 0.717) is 17.3 Å². The fourth-order valence-electron chi connectivity index (χ4n) is 1.29. The first-order valence-electron chi connectivity index (χ1n) is 4.48. The lowest BCUT2D eigenvalue weighted by atomic mass is 10.0. The topological polar surface area (TPSA) is 90.1 Å². The number of aldehydes is 1. The van der Waals surface area contributed by atoms with Crippen molar-refractivity contribution in [3.8, 4) is 5.88 Å². The van der Waals surface area contributed by atoms with Gasteiger partial charge in [0, 0.05) is 13.0 Å². The third kappa shape index (κ3) is 2.15. The second-order valence-electron chi connectivity index (χ2n) is 3.03. The molecule has 0 radical (unpaired) electrons. The summed E-state index contributed by atoms with van der Waals surface area (Å²) in [7, 11) is 3.17. The van der Waals surface area contributed by atoms with E-state index in [-0.39, 0.29) is 11.9 Å². The average Bonchev–Trinajstić information content (AvgIpc) is 2.26. The Morgan fingerprint density at radius 1 is 1.53 bits per heavy atom. The first kappa shape index (κ1) is 11.2. The Morgan fingerprint density at radius 2 is 2.20 bits per heavy atom. The van der Waals surface area contributed by atoms with E-state index in [9.17, 15) is 4.79 Å². The zero-order valence-electron chi connectivity index (χ0n) is 8.94. The second kappa shape index (κ2) is 4.59. The van der Waals surface area contributed by atoms with Crippen LogP contribution in [0, 0.1) is 0 Å². The largest absolute Gasteiger partial charge is 0.481 e. The fourth-order valence-corrected chi connectivity index (χ4v) is 1.29. The van der Waals surface area contributed by atoms with Crippen LogP contribution >= 0.6 is 0 Å². The van der Waals surface area contributed by atoms with Crippen molar-refractivity contribution in [1.29, 1.82) is 0 Å². The van der Waals surface area contributed by atoms with Crippen molar-refractivity contribution in [1.82, 2.24) is 9.97 Å². The molecule has 0 spiro atoms. The van der Waals surface area contributed by atoms with Crippen LogP contribution in [0.1, 0.15) is 18.4 Å². The molecule has 1 aromatic heterocycles. The van der Waals surface area contributed by atoms with E-state index in [0.717, 1.165) is 6.29 Å². The van der Waals surface area contributed by atoms with Gasteiger partial charge in [-0.15, -0.1) is 0 Å². The van der Waals surface area contributed by atoms with Gasteiger partial charge in [-0.1, -0.05) is 6.92 Å². The van der Waals surface area contributed by atoms with Gasteiger partial charge in [-0.3, -0.25) is 0 Å². The van der Waals surface area contributed by atoms with Crippen LogP contribution in [-0.2, 0) is 4.79 Å². The third-order valence-corrected chi connectivity index (χ3v) is 2.02. The molecule has 0 aliphatic heterocycles. The predicted molar refractivity (Wildman–Crippen MR) is 57.0 cm³/mol. The molecule has 1 aromatic rings. The van der Waals surface area contributed by atoms with Gasteiger partial charge in [0.15, 0.2) is 0 Å². The van der Waals surface area contributed by atoms with E-state index < -0.39 is 0 Å². The minimum Gasteiger partial charge on any atom is -0.481 e. The first-order valence-corrected chi connectivity index (χ1v) is 4.48. The lowest BCUT2D eigenvalue weighted by molar-refractivity contribution is -0.108. The number of ether oxygens (including phenoxy) is 1. The van der Waals surface area contributed by atoms with Gasteiger partial charge in [-0.2, -0.15) is 9.97 Å². The van der Waals surface area contributed by atoms with Crippen LogP contribution in [0.4, 0.5) is 11.8 Å². The summed E-state index contributed by atoms with van der Waals surface area (Å²) >= 11 is 0. The number of carbonyl (C=O) groups is 1. The monoisotopic (exact) mass is 210 g/mol. The number of nitrogens with two attached hydrogens (primary N) is 1. The summed E-state index contributed by atoms with van der Waals surface area (Å²) in [4.78, 5) is 18.7. The number of nitrogen functional groups attached to an aromatic ring is 1. The van der Waals surface area contributed by atoms with Crippen LogP contribution in [0.5, 0.6) is 5.88 Å². The summed E-state index contributed by atoms with van der Waals surface area (Å²) in [5.41, 5.74) is 6.11. The molecule has 6 nitrogen and oxygen atoms in total. The number of aromatic nitrogens is 2. The molecule has 0 fully saturated rings. The van der Waals surface area contributed by atoms with Gasteiger partial charge in [0.1, 0.15) is 12.1 Å². The Kier molecular flexibility index (Phi) is 3.43. The molecule has 1 heterocycles. The number of nitrogens with zero attached hydrogens (tertiary/aromatic N) is 2. The predicted octanol–water partition coefficient (Wildman–Crippen LogP) is 0.411. The Bertz CT molecular complexity index is 342. The fraction of sp³-hybridized carbons (Fsp3) is 0.444. The van der Waals surface area contributed by atoms with E-state index in [2.05, 4.69) is 15.3 Å². The number of methoxy groups -OCH3 is 1. The van der Waals surface area contributed by atoms with Crippen LogP contribution in [0.3, 0.4) is 0 Å². The Labute approximate surface area is 87.9 Å². The van der Waals surface area contributed by atoms with Gasteiger partial charge in [0.25, 0.3) is 0 Å². The second-order valence-corrected chi connectivity index (χ2v) is 3.03. The lowest BCUT2D eigenvalue weighted by Crippen LogP contribution is -2.10.